The number of hydrogen-bond donors (Lipinski definition) is 3. The van der Waals surface area contributed by atoms with Gasteiger partial charge >= 0.3 is 5.97 Å². The molecule has 0 spiro atoms. The molecule has 0 aliphatic heterocycles. The monoisotopic (exact) mass is 233 g/mol. The highest BCUT2D eigenvalue weighted by Gasteiger charge is 2.15. The lowest BCUT2D eigenvalue weighted by Crippen LogP contribution is -2.32. The zero-order chi connectivity index (χ0) is 11.6. The average molecular weight is 234 g/mol. The Bertz CT molecular complexity index is 374. The summed E-state index contributed by atoms with van der Waals surface area (Å²) in [7, 11) is 0. The quantitative estimate of drug-likeness (QED) is 0.731. The molecule has 4 nitrogen and oxygen atoms in total. The van der Waals surface area contributed by atoms with Gasteiger partial charge in [-0.2, -0.15) is 0 Å². The fourth-order valence-electron chi connectivity index (χ4n) is 1.08. The molecule has 1 rings (SSSR count). The second-order valence-electron chi connectivity index (χ2n) is 3.06. The maximum absolute atomic E-state index is 13.0. The van der Waals surface area contributed by atoms with Crippen molar-refractivity contribution in [3.63, 3.8) is 0 Å². The number of carboxylic acids is 1. The third-order valence-electron chi connectivity index (χ3n) is 1.85. The molecule has 15 heavy (non-hydrogen) atoms. The van der Waals surface area contributed by atoms with E-state index in [0.717, 1.165) is 6.07 Å². The fraction of sp³-hybridized carbons (Fsp3) is 0.222. The topological polar surface area (TPSA) is 83.5 Å². The van der Waals surface area contributed by atoms with E-state index in [9.17, 15) is 9.18 Å². The van der Waals surface area contributed by atoms with Gasteiger partial charge in [0.25, 0.3) is 0 Å². The molecule has 0 heterocycles. The summed E-state index contributed by atoms with van der Waals surface area (Å²) in [5, 5.41) is 17.4. The van der Waals surface area contributed by atoms with Crippen LogP contribution in [0.3, 0.4) is 0 Å². The largest absolute Gasteiger partial charge is 0.504 e. The number of hydrogen-bond acceptors (Lipinski definition) is 3. The molecule has 0 radical (unpaired) electrons. The van der Waals surface area contributed by atoms with E-state index in [1.807, 2.05) is 0 Å². The predicted octanol–water partition coefficient (Wildman–Crippen LogP) is 1.14. The second-order valence-corrected chi connectivity index (χ2v) is 3.46. The minimum absolute atomic E-state index is 0.0494. The highest BCUT2D eigenvalue weighted by molar-refractivity contribution is 6.32. The third-order valence-corrected chi connectivity index (χ3v) is 2.14. The van der Waals surface area contributed by atoms with Crippen LogP contribution >= 0.6 is 11.6 Å². The Kier molecular flexibility index (Phi) is 3.49. The van der Waals surface area contributed by atoms with Crippen molar-refractivity contribution in [1.82, 2.24) is 0 Å². The number of carboxylic acid groups (broad SMARTS) is 1. The van der Waals surface area contributed by atoms with Gasteiger partial charge < -0.3 is 15.9 Å². The van der Waals surface area contributed by atoms with Gasteiger partial charge in [-0.25, -0.2) is 4.39 Å². The molecule has 1 aromatic carbocycles. The lowest BCUT2D eigenvalue weighted by atomic mass is 10.1. The number of phenols is 1. The summed E-state index contributed by atoms with van der Waals surface area (Å²) in [6.07, 6.45) is -0.0494. The van der Waals surface area contributed by atoms with Crippen molar-refractivity contribution in [3.05, 3.63) is 28.5 Å². The SMILES string of the molecule is NC(Cc1cc(F)c(O)c(Cl)c1)C(=O)O. The van der Waals surface area contributed by atoms with Crippen molar-refractivity contribution in [2.24, 2.45) is 5.73 Å². The second kappa shape index (κ2) is 4.46. The molecule has 1 unspecified atom stereocenters. The standard InChI is InChI=1S/C9H9ClFNO3/c10-5-1-4(2-6(11)8(5)13)3-7(12)9(14)15/h1-2,7,13H,3,12H2,(H,14,15). The van der Waals surface area contributed by atoms with Crippen LogP contribution < -0.4 is 5.73 Å². The Hall–Kier alpha value is -1.33. The number of aromatic hydroxyl groups is 1. The minimum atomic E-state index is -1.18. The van der Waals surface area contributed by atoms with Crippen molar-refractivity contribution in [2.75, 3.05) is 0 Å². The summed E-state index contributed by atoms with van der Waals surface area (Å²) in [5.74, 6) is -2.72. The highest BCUT2D eigenvalue weighted by atomic mass is 35.5. The van der Waals surface area contributed by atoms with E-state index in [0.29, 0.717) is 5.56 Å². The molecular formula is C9H9ClFNO3. The van der Waals surface area contributed by atoms with Gasteiger partial charge in [-0.15, -0.1) is 0 Å². The number of benzene rings is 1. The first-order valence-electron chi connectivity index (χ1n) is 4.07. The molecule has 0 aliphatic rings. The Morgan fingerprint density at radius 3 is 2.67 bits per heavy atom. The molecular weight excluding hydrogens is 225 g/mol. The lowest BCUT2D eigenvalue weighted by Gasteiger charge is -2.07. The maximum atomic E-state index is 13.0. The van der Waals surface area contributed by atoms with Crippen LogP contribution in [0.15, 0.2) is 12.1 Å². The van der Waals surface area contributed by atoms with Crippen LogP contribution in [0.2, 0.25) is 5.02 Å². The van der Waals surface area contributed by atoms with E-state index in [4.69, 9.17) is 27.5 Å². The first-order chi connectivity index (χ1) is 6.91. The van der Waals surface area contributed by atoms with E-state index >= 15 is 0 Å². The molecule has 82 valence electrons. The van der Waals surface area contributed by atoms with E-state index in [1.165, 1.54) is 6.07 Å². The number of rotatable bonds is 3. The van der Waals surface area contributed by atoms with Gasteiger partial charge in [-0.3, -0.25) is 4.79 Å². The molecule has 4 N–H and O–H groups in total. The number of aliphatic carboxylic acids is 1. The van der Waals surface area contributed by atoms with Crippen molar-refractivity contribution in [3.8, 4) is 5.75 Å². The summed E-state index contributed by atoms with van der Waals surface area (Å²) in [5.41, 5.74) is 5.58. The van der Waals surface area contributed by atoms with Gasteiger partial charge in [0.05, 0.1) is 5.02 Å². The number of nitrogens with two attached hydrogens (primary N) is 1. The van der Waals surface area contributed by atoms with Crippen LogP contribution in [-0.4, -0.2) is 22.2 Å². The molecule has 0 saturated heterocycles. The van der Waals surface area contributed by atoms with Crippen molar-refractivity contribution in [1.29, 1.82) is 0 Å². The molecule has 0 fully saturated rings. The van der Waals surface area contributed by atoms with E-state index in [2.05, 4.69) is 0 Å². The minimum Gasteiger partial charge on any atom is -0.504 e. The van der Waals surface area contributed by atoms with Crippen LogP contribution in [0.5, 0.6) is 5.75 Å². The van der Waals surface area contributed by atoms with Gasteiger partial charge in [0, 0.05) is 0 Å². The number of halogens is 2. The van der Waals surface area contributed by atoms with Gasteiger partial charge in [0.15, 0.2) is 11.6 Å². The summed E-state index contributed by atoms with van der Waals surface area (Å²) < 4.78 is 13.0. The van der Waals surface area contributed by atoms with Gasteiger partial charge in [-0.1, -0.05) is 11.6 Å². The molecule has 0 saturated carbocycles. The average Bonchev–Trinajstić information content (AvgIpc) is 2.13. The molecule has 0 aliphatic carbocycles. The lowest BCUT2D eigenvalue weighted by molar-refractivity contribution is -0.138. The fourth-order valence-corrected chi connectivity index (χ4v) is 1.31. The Labute approximate surface area is 90.1 Å². The first kappa shape index (κ1) is 11.7. The van der Waals surface area contributed by atoms with Crippen LogP contribution in [0, 0.1) is 5.82 Å². The Morgan fingerprint density at radius 2 is 2.20 bits per heavy atom. The predicted molar refractivity (Wildman–Crippen MR) is 52.4 cm³/mol. The summed E-state index contributed by atoms with van der Waals surface area (Å²) in [4.78, 5) is 10.4. The number of phenolic OH excluding ortho intramolecular Hbond substituents is 1. The van der Waals surface area contributed by atoms with Gasteiger partial charge in [0.2, 0.25) is 0 Å². The molecule has 1 aromatic rings. The van der Waals surface area contributed by atoms with Crippen LogP contribution in [0.25, 0.3) is 0 Å². The van der Waals surface area contributed by atoms with E-state index in [-0.39, 0.29) is 11.4 Å². The zero-order valence-electron chi connectivity index (χ0n) is 7.58. The van der Waals surface area contributed by atoms with Crippen molar-refractivity contribution >= 4 is 17.6 Å². The maximum Gasteiger partial charge on any atom is 0.320 e. The normalized spacial score (nSPS) is 12.5. The Balaban J connectivity index is 2.92. The molecule has 0 bridgehead atoms. The van der Waals surface area contributed by atoms with Crippen LogP contribution in [0.4, 0.5) is 4.39 Å². The smallest absolute Gasteiger partial charge is 0.320 e. The highest BCUT2D eigenvalue weighted by Crippen LogP contribution is 2.27. The van der Waals surface area contributed by atoms with Crippen LogP contribution in [-0.2, 0) is 11.2 Å². The van der Waals surface area contributed by atoms with Gasteiger partial charge in [0.1, 0.15) is 6.04 Å². The first-order valence-corrected chi connectivity index (χ1v) is 4.45. The Morgan fingerprint density at radius 1 is 1.60 bits per heavy atom. The van der Waals surface area contributed by atoms with Crippen LogP contribution in [0.1, 0.15) is 5.56 Å². The number of carbonyl (C=O) groups is 1. The zero-order valence-corrected chi connectivity index (χ0v) is 8.33. The summed E-state index contributed by atoms with van der Waals surface area (Å²) in [6, 6.07) is 1.16. The molecule has 0 amide bonds. The van der Waals surface area contributed by atoms with E-state index < -0.39 is 23.6 Å². The van der Waals surface area contributed by atoms with Gasteiger partial charge in [-0.05, 0) is 24.1 Å². The summed E-state index contributed by atoms with van der Waals surface area (Å²) >= 11 is 5.50. The van der Waals surface area contributed by atoms with Crippen molar-refractivity contribution in [2.45, 2.75) is 12.5 Å². The molecule has 0 aromatic heterocycles. The van der Waals surface area contributed by atoms with E-state index in [1.54, 1.807) is 0 Å². The van der Waals surface area contributed by atoms with Crippen molar-refractivity contribution < 1.29 is 19.4 Å². The molecule has 1 atom stereocenters. The summed E-state index contributed by atoms with van der Waals surface area (Å²) in [6.45, 7) is 0. The molecule has 6 heteroatoms. The third kappa shape index (κ3) is 2.81.